The average molecular weight is 334 g/mol. The number of carbonyl (C=O) groups excluding carboxylic acids is 1. The van der Waals surface area contributed by atoms with E-state index >= 15 is 0 Å². The maximum Gasteiger partial charge on any atom is 0.319 e. The molecular weight excluding hydrogens is 312 g/mol. The minimum Gasteiger partial charge on any atom is -0.334 e. The number of anilines is 1. The molecule has 0 aliphatic rings. The highest BCUT2D eigenvalue weighted by molar-refractivity contribution is 5.89. The first-order valence-corrected chi connectivity index (χ1v) is 8.42. The molecule has 2 N–H and O–H groups in total. The van der Waals surface area contributed by atoms with Gasteiger partial charge in [-0.2, -0.15) is 5.10 Å². The lowest BCUT2D eigenvalue weighted by Crippen LogP contribution is -2.28. The molecule has 3 rings (SSSR count). The molecule has 2 aromatic carbocycles. The van der Waals surface area contributed by atoms with Crippen LogP contribution in [0.2, 0.25) is 0 Å². The van der Waals surface area contributed by atoms with Crippen LogP contribution in [0.5, 0.6) is 0 Å². The van der Waals surface area contributed by atoms with Gasteiger partial charge in [0.2, 0.25) is 0 Å². The van der Waals surface area contributed by atoms with Crippen molar-refractivity contribution in [3.63, 3.8) is 0 Å². The summed E-state index contributed by atoms with van der Waals surface area (Å²) in [6.45, 7) is 3.25. The maximum absolute atomic E-state index is 12.2. The number of aromatic nitrogens is 2. The summed E-state index contributed by atoms with van der Waals surface area (Å²) in [5.41, 5.74) is 4.22. The van der Waals surface area contributed by atoms with Crippen molar-refractivity contribution in [3.8, 4) is 0 Å². The van der Waals surface area contributed by atoms with E-state index in [1.807, 2.05) is 53.3 Å². The Kier molecular flexibility index (Phi) is 5.46. The molecule has 5 nitrogen and oxygen atoms in total. The Balaban J connectivity index is 1.60. The van der Waals surface area contributed by atoms with Gasteiger partial charge in [0.05, 0.1) is 6.54 Å². The number of amides is 2. The van der Waals surface area contributed by atoms with E-state index in [0.29, 0.717) is 13.1 Å². The smallest absolute Gasteiger partial charge is 0.319 e. The van der Waals surface area contributed by atoms with Crippen LogP contribution in [0.25, 0.3) is 0 Å². The molecule has 0 bridgehead atoms. The summed E-state index contributed by atoms with van der Waals surface area (Å²) in [5.74, 6) is 0. The first-order valence-electron chi connectivity index (χ1n) is 8.42. The first kappa shape index (κ1) is 16.8. The lowest BCUT2D eigenvalue weighted by Gasteiger charge is -2.12. The second-order valence-corrected chi connectivity index (χ2v) is 5.83. The number of urea groups is 1. The molecule has 1 aromatic heterocycles. The third kappa shape index (κ3) is 4.70. The van der Waals surface area contributed by atoms with Crippen molar-refractivity contribution in [2.75, 3.05) is 5.32 Å². The van der Waals surface area contributed by atoms with Crippen LogP contribution < -0.4 is 10.6 Å². The van der Waals surface area contributed by atoms with Crippen LogP contribution in [0.1, 0.15) is 23.6 Å². The second kappa shape index (κ2) is 8.15. The van der Waals surface area contributed by atoms with Gasteiger partial charge in [0.1, 0.15) is 0 Å². The molecule has 0 fully saturated rings. The molecule has 25 heavy (non-hydrogen) atoms. The van der Waals surface area contributed by atoms with E-state index in [9.17, 15) is 4.79 Å². The van der Waals surface area contributed by atoms with Gasteiger partial charge >= 0.3 is 6.03 Å². The zero-order valence-electron chi connectivity index (χ0n) is 14.3. The van der Waals surface area contributed by atoms with Crippen LogP contribution in [0, 0.1) is 0 Å². The Hall–Kier alpha value is -3.08. The van der Waals surface area contributed by atoms with E-state index < -0.39 is 0 Å². The predicted molar refractivity (Wildman–Crippen MR) is 99.4 cm³/mol. The molecule has 0 unspecified atom stereocenters. The number of nitrogens with one attached hydrogen (secondary N) is 2. The fraction of sp³-hybridized carbons (Fsp3) is 0.200. The molecule has 0 saturated carbocycles. The van der Waals surface area contributed by atoms with Crippen molar-refractivity contribution in [2.45, 2.75) is 26.4 Å². The summed E-state index contributed by atoms with van der Waals surface area (Å²) in [4.78, 5) is 12.2. The normalized spacial score (nSPS) is 10.4. The number of hydrogen-bond donors (Lipinski definition) is 2. The van der Waals surface area contributed by atoms with Gasteiger partial charge in [0, 0.05) is 24.6 Å². The quantitative estimate of drug-likeness (QED) is 0.720. The summed E-state index contributed by atoms with van der Waals surface area (Å²) in [5, 5.41) is 10.0. The van der Waals surface area contributed by atoms with Crippen molar-refractivity contribution in [3.05, 3.63) is 83.7 Å². The lowest BCUT2D eigenvalue weighted by atomic mass is 10.1. The summed E-state index contributed by atoms with van der Waals surface area (Å²) in [6.07, 6.45) is 4.63. The number of rotatable bonds is 6. The van der Waals surface area contributed by atoms with E-state index in [4.69, 9.17) is 0 Å². The second-order valence-electron chi connectivity index (χ2n) is 5.83. The molecule has 0 saturated heterocycles. The zero-order chi connectivity index (χ0) is 17.5. The van der Waals surface area contributed by atoms with Gasteiger partial charge in [-0.25, -0.2) is 4.79 Å². The van der Waals surface area contributed by atoms with Crippen molar-refractivity contribution >= 4 is 11.7 Å². The van der Waals surface area contributed by atoms with Crippen LogP contribution in [0.15, 0.2) is 67.0 Å². The Morgan fingerprint density at radius 2 is 1.92 bits per heavy atom. The van der Waals surface area contributed by atoms with Gasteiger partial charge in [-0.1, -0.05) is 43.3 Å². The fourth-order valence-corrected chi connectivity index (χ4v) is 2.67. The minimum atomic E-state index is -0.206. The zero-order valence-corrected chi connectivity index (χ0v) is 14.3. The summed E-state index contributed by atoms with van der Waals surface area (Å²) >= 11 is 0. The molecule has 2 amide bonds. The molecule has 0 atom stereocenters. The third-order valence-corrected chi connectivity index (χ3v) is 4.04. The summed E-state index contributed by atoms with van der Waals surface area (Å²) < 4.78 is 1.87. The van der Waals surface area contributed by atoms with Crippen LogP contribution in [-0.4, -0.2) is 15.8 Å². The molecule has 0 radical (unpaired) electrons. The van der Waals surface area contributed by atoms with E-state index in [1.54, 1.807) is 6.20 Å². The maximum atomic E-state index is 12.2. The van der Waals surface area contributed by atoms with E-state index in [1.165, 1.54) is 5.56 Å². The van der Waals surface area contributed by atoms with Gasteiger partial charge in [0.25, 0.3) is 0 Å². The molecule has 128 valence electrons. The minimum absolute atomic E-state index is 0.206. The lowest BCUT2D eigenvalue weighted by molar-refractivity contribution is 0.251. The number of hydrogen-bond acceptors (Lipinski definition) is 2. The van der Waals surface area contributed by atoms with Gasteiger partial charge < -0.3 is 10.6 Å². The predicted octanol–water partition coefficient (Wildman–Crippen LogP) is 3.82. The number of benzene rings is 2. The van der Waals surface area contributed by atoms with Crippen molar-refractivity contribution < 1.29 is 4.79 Å². The van der Waals surface area contributed by atoms with Crippen LogP contribution in [-0.2, 0) is 19.5 Å². The van der Waals surface area contributed by atoms with Crippen LogP contribution in [0.4, 0.5) is 10.5 Å². The number of carbonyl (C=O) groups is 1. The van der Waals surface area contributed by atoms with Crippen molar-refractivity contribution in [1.82, 2.24) is 15.1 Å². The first-order chi connectivity index (χ1) is 12.2. The average Bonchev–Trinajstić information content (AvgIpc) is 3.14. The topological polar surface area (TPSA) is 59.0 Å². The van der Waals surface area contributed by atoms with E-state index in [-0.39, 0.29) is 6.03 Å². The largest absolute Gasteiger partial charge is 0.334 e. The third-order valence-electron chi connectivity index (χ3n) is 4.04. The van der Waals surface area contributed by atoms with Crippen LogP contribution >= 0.6 is 0 Å². The molecule has 0 aliphatic heterocycles. The Morgan fingerprint density at radius 3 is 2.68 bits per heavy atom. The number of nitrogens with zero attached hydrogens (tertiary/aromatic N) is 2. The Labute approximate surface area is 147 Å². The molecule has 0 spiro atoms. The van der Waals surface area contributed by atoms with E-state index in [2.05, 4.69) is 34.8 Å². The Bertz CT molecular complexity index is 827. The fourth-order valence-electron chi connectivity index (χ4n) is 2.67. The van der Waals surface area contributed by atoms with Crippen molar-refractivity contribution in [2.24, 2.45) is 0 Å². The van der Waals surface area contributed by atoms with E-state index in [0.717, 1.165) is 23.2 Å². The van der Waals surface area contributed by atoms with Crippen molar-refractivity contribution in [1.29, 1.82) is 0 Å². The molecule has 5 heteroatoms. The van der Waals surface area contributed by atoms with Gasteiger partial charge in [-0.3, -0.25) is 4.68 Å². The highest BCUT2D eigenvalue weighted by Gasteiger charge is 2.06. The SMILES string of the molecule is CCc1cccc(NC(=O)NCc2ccccc2Cn2cccn2)c1. The summed E-state index contributed by atoms with van der Waals surface area (Å²) in [6, 6.07) is 17.6. The summed E-state index contributed by atoms with van der Waals surface area (Å²) in [7, 11) is 0. The molecule has 3 aromatic rings. The molecule has 0 aliphatic carbocycles. The molecule has 1 heterocycles. The number of aryl methyl sites for hydroxylation is 1. The molecular formula is C20H22N4O. The van der Waals surface area contributed by atoms with Crippen LogP contribution in [0.3, 0.4) is 0 Å². The highest BCUT2D eigenvalue weighted by Crippen LogP contribution is 2.12. The monoisotopic (exact) mass is 334 g/mol. The van der Waals surface area contributed by atoms with Gasteiger partial charge in [-0.15, -0.1) is 0 Å². The Morgan fingerprint density at radius 1 is 1.08 bits per heavy atom. The van der Waals surface area contributed by atoms with Gasteiger partial charge in [0.15, 0.2) is 0 Å². The standard InChI is InChI=1S/C20H22N4O/c1-2-16-7-5-10-19(13-16)23-20(25)21-14-17-8-3-4-9-18(17)15-24-12-6-11-22-24/h3-13H,2,14-15H2,1H3,(H2,21,23,25). The van der Waals surface area contributed by atoms with Gasteiger partial charge in [-0.05, 0) is 41.3 Å². The highest BCUT2D eigenvalue weighted by atomic mass is 16.2.